The molecular weight excluding hydrogens is 366 g/mol. The van der Waals surface area contributed by atoms with Gasteiger partial charge in [-0.05, 0) is 42.0 Å². The van der Waals surface area contributed by atoms with Crippen LogP contribution in [0.25, 0.3) is 0 Å². The van der Waals surface area contributed by atoms with Crippen molar-refractivity contribution in [1.29, 1.82) is 0 Å². The van der Waals surface area contributed by atoms with Crippen LogP contribution in [0.5, 0.6) is 5.75 Å². The molecule has 0 saturated heterocycles. The number of rotatable bonds is 9. The summed E-state index contributed by atoms with van der Waals surface area (Å²) in [5.41, 5.74) is 7.73. The molecule has 0 radical (unpaired) electrons. The maximum atomic E-state index is 12.0. The first kappa shape index (κ1) is 21.3. The van der Waals surface area contributed by atoms with E-state index >= 15 is 0 Å². The van der Waals surface area contributed by atoms with Crippen molar-refractivity contribution in [3.05, 3.63) is 65.7 Å². The van der Waals surface area contributed by atoms with Crippen LogP contribution in [0.1, 0.15) is 61.8 Å². The van der Waals surface area contributed by atoms with Crippen molar-refractivity contribution in [1.82, 2.24) is 0 Å². The molecule has 1 aliphatic carbocycles. The second-order valence-electron chi connectivity index (χ2n) is 7.76. The molecule has 0 spiro atoms. The number of aliphatic hydroxyl groups excluding tert-OH is 1. The molecule has 29 heavy (non-hydrogen) atoms. The molecule has 2 atom stereocenters. The van der Waals surface area contributed by atoms with E-state index in [4.69, 9.17) is 15.2 Å². The van der Waals surface area contributed by atoms with E-state index in [0.29, 0.717) is 17.9 Å². The Balaban J connectivity index is 1.44. The number of hydrogen-bond donors (Lipinski definition) is 2. The summed E-state index contributed by atoms with van der Waals surface area (Å²) in [6.45, 7) is 0.907. The lowest BCUT2D eigenvalue weighted by molar-refractivity contribution is -0.154. The van der Waals surface area contributed by atoms with Gasteiger partial charge in [0.25, 0.3) is 0 Å². The zero-order valence-corrected chi connectivity index (χ0v) is 16.8. The molecule has 0 unspecified atom stereocenters. The molecular formula is C24H31NO4. The summed E-state index contributed by atoms with van der Waals surface area (Å²) in [5.74, 6) is 0.824. The Morgan fingerprint density at radius 3 is 2.52 bits per heavy atom. The van der Waals surface area contributed by atoms with Crippen LogP contribution in [0, 0.1) is 5.92 Å². The fourth-order valence-corrected chi connectivity index (χ4v) is 3.71. The average molecular weight is 398 g/mol. The van der Waals surface area contributed by atoms with Crippen LogP contribution in [-0.4, -0.2) is 24.3 Å². The van der Waals surface area contributed by atoms with Gasteiger partial charge in [-0.2, -0.15) is 0 Å². The second-order valence-corrected chi connectivity index (χ2v) is 7.76. The quantitative estimate of drug-likeness (QED) is 0.616. The van der Waals surface area contributed by atoms with Crippen molar-refractivity contribution < 1.29 is 19.4 Å². The van der Waals surface area contributed by atoms with Gasteiger partial charge in [-0.25, -0.2) is 4.79 Å². The van der Waals surface area contributed by atoms with E-state index < -0.39 is 12.1 Å². The molecule has 0 bridgehead atoms. The van der Waals surface area contributed by atoms with Crippen LogP contribution in [0.15, 0.2) is 54.6 Å². The Morgan fingerprint density at radius 2 is 1.76 bits per heavy atom. The number of hydrogen-bond acceptors (Lipinski definition) is 5. The average Bonchev–Trinajstić information content (AvgIpc) is 2.78. The second kappa shape index (κ2) is 11.0. The Morgan fingerprint density at radius 1 is 1.03 bits per heavy atom. The first-order chi connectivity index (χ1) is 14.1. The summed E-state index contributed by atoms with van der Waals surface area (Å²) in [6, 6.07) is 16.3. The Bertz CT molecular complexity index is 758. The molecule has 2 aromatic rings. The molecule has 1 saturated carbocycles. The molecule has 1 fully saturated rings. The van der Waals surface area contributed by atoms with Gasteiger partial charge < -0.3 is 20.3 Å². The van der Waals surface area contributed by atoms with Gasteiger partial charge in [-0.3, -0.25) is 0 Å². The number of benzene rings is 2. The van der Waals surface area contributed by atoms with E-state index in [2.05, 4.69) is 0 Å². The van der Waals surface area contributed by atoms with E-state index in [9.17, 15) is 9.90 Å². The standard InChI is InChI=1S/C24H31NO4/c25-22(14-15-28-24(27)23(26)19-10-5-2-6-11-19)20-12-7-13-21(16-20)29-17-18-8-3-1-4-9-18/h2,5-7,10-13,16,18,22-23,26H,1,3-4,8-9,14-15,17,25H2/t22-,23-/m1/s1. The van der Waals surface area contributed by atoms with Crippen molar-refractivity contribution in [3.63, 3.8) is 0 Å². The first-order valence-corrected chi connectivity index (χ1v) is 10.5. The van der Waals surface area contributed by atoms with Crippen molar-refractivity contribution in [2.24, 2.45) is 11.7 Å². The maximum Gasteiger partial charge on any atom is 0.339 e. The molecule has 0 aliphatic heterocycles. The smallest absolute Gasteiger partial charge is 0.339 e. The Kier molecular flexibility index (Phi) is 8.08. The maximum absolute atomic E-state index is 12.0. The lowest BCUT2D eigenvalue weighted by Gasteiger charge is -2.22. The van der Waals surface area contributed by atoms with Crippen molar-refractivity contribution >= 4 is 5.97 Å². The van der Waals surface area contributed by atoms with Gasteiger partial charge in [0.1, 0.15) is 5.75 Å². The summed E-state index contributed by atoms with van der Waals surface area (Å²) < 4.78 is 11.2. The summed E-state index contributed by atoms with van der Waals surface area (Å²) in [6.07, 6.45) is 5.64. The van der Waals surface area contributed by atoms with Gasteiger partial charge in [0.2, 0.25) is 0 Å². The monoisotopic (exact) mass is 397 g/mol. The minimum absolute atomic E-state index is 0.150. The molecule has 5 heteroatoms. The topological polar surface area (TPSA) is 81.8 Å². The van der Waals surface area contributed by atoms with E-state index in [1.807, 2.05) is 30.3 Å². The minimum atomic E-state index is -1.27. The fourth-order valence-electron chi connectivity index (χ4n) is 3.71. The van der Waals surface area contributed by atoms with Crippen LogP contribution in [0.4, 0.5) is 0 Å². The van der Waals surface area contributed by atoms with Crippen LogP contribution in [0.3, 0.4) is 0 Å². The lowest BCUT2D eigenvalue weighted by atomic mass is 9.90. The molecule has 1 aliphatic rings. The number of aliphatic hydroxyl groups is 1. The molecule has 156 valence electrons. The predicted molar refractivity (Wildman–Crippen MR) is 112 cm³/mol. The third-order valence-electron chi connectivity index (χ3n) is 5.51. The highest BCUT2D eigenvalue weighted by Gasteiger charge is 2.19. The van der Waals surface area contributed by atoms with Crippen LogP contribution >= 0.6 is 0 Å². The summed E-state index contributed by atoms with van der Waals surface area (Å²) in [4.78, 5) is 12.0. The van der Waals surface area contributed by atoms with Crippen LogP contribution in [0.2, 0.25) is 0 Å². The number of esters is 1. The number of ether oxygens (including phenoxy) is 2. The van der Waals surface area contributed by atoms with Gasteiger partial charge in [0.05, 0.1) is 13.2 Å². The van der Waals surface area contributed by atoms with Crippen LogP contribution < -0.4 is 10.5 Å². The Hall–Kier alpha value is -2.37. The van der Waals surface area contributed by atoms with Gasteiger partial charge >= 0.3 is 5.97 Å². The normalized spacial score (nSPS) is 16.8. The van der Waals surface area contributed by atoms with Gasteiger partial charge in [-0.15, -0.1) is 0 Å². The van der Waals surface area contributed by atoms with Crippen molar-refractivity contribution in [2.75, 3.05) is 13.2 Å². The zero-order valence-electron chi connectivity index (χ0n) is 16.8. The molecule has 0 aromatic heterocycles. The van der Waals surface area contributed by atoms with Crippen molar-refractivity contribution in [3.8, 4) is 5.75 Å². The third kappa shape index (κ3) is 6.58. The zero-order chi connectivity index (χ0) is 20.5. The third-order valence-corrected chi connectivity index (χ3v) is 5.51. The fraction of sp³-hybridized carbons (Fsp3) is 0.458. The van der Waals surface area contributed by atoms with E-state index in [0.717, 1.165) is 17.9 Å². The number of nitrogens with two attached hydrogens (primary N) is 1. The molecule has 0 heterocycles. The number of carbonyl (C=O) groups excluding carboxylic acids is 1. The molecule has 0 amide bonds. The highest BCUT2D eigenvalue weighted by molar-refractivity contribution is 5.76. The SMILES string of the molecule is N[C@H](CCOC(=O)[C@H](O)c1ccccc1)c1cccc(OCC2CCCCC2)c1. The van der Waals surface area contributed by atoms with Crippen molar-refractivity contribution in [2.45, 2.75) is 50.7 Å². The predicted octanol–water partition coefficient (Wildman–Crippen LogP) is 4.31. The Labute approximate surface area is 172 Å². The van der Waals surface area contributed by atoms with Crippen LogP contribution in [-0.2, 0) is 9.53 Å². The molecule has 2 aromatic carbocycles. The minimum Gasteiger partial charge on any atom is -0.493 e. The first-order valence-electron chi connectivity index (χ1n) is 10.5. The van der Waals surface area contributed by atoms with Gasteiger partial charge in [0, 0.05) is 12.5 Å². The van der Waals surface area contributed by atoms with Gasteiger partial charge in [0.15, 0.2) is 6.10 Å². The summed E-state index contributed by atoms with van der Waals surface area (Å²) in [7, 11) is 0. The number of carbonyl (C=O) groups is 1. The summed E-state index contributed by atoms with van der Waals surface area (Å²) >= 11 is 0. The highest BCUT2D eigenvalue weighted by atomic mass is 16.5. The van der Waals surface area contributed by atoms with Gasteiger partial charge in [-0.1, -0.05) is 61.7 Å². The molecule has 5 nitrogen and oxygen atoms in total. The highest BCUT2D eigenvalue weighted by Crippen LogP contribution is 2.26. The van der Waals surface area contributed by atoms with E-state index in [1.54, 1.807) is 24.3 Å². The lowest BCUT2D eigenvalue weighted by Crippen LogP contribution is -2.19. The molecule has 3 N–H and O–H groups in total. The largest absolute Gasteiger partial charge is 0.493 e. The van der Waals surface area contributed by atoms with E-state index in [-0.39, 0.29) is 12.6 Å². The summed E-state index contributed by atoms with van der Waals surface area (Å²) in [5, 5.41) is 10.1. The van der Waals surface area contributed by atoms with E-state index in [1.165, 1.54) is 32.1 Å². The molecule has 3 rings (SSSR count).